The van der Waals surface area contributed by atoms with E-state index >= 15 is 0 Å². The van der Waals surface area contributed by atoms with Gasteiger partial charge in [-0.3, -0.25) is 4.79 Å². The predicted octanol–water partition coefficient (Wildman–Crippen LogP) is 2.92. The number of methoxy groups -OCH3 is 1. The highest BCUT2D eigenvalue weighted by molar-refractivity contribution is 5.78. The zero-order chi connectivity index (χ0) is 18.8. The van der Waals surface area contributed by atoms with Crippen LogP contribution in [0.5, 0.6) is 0 Å². The number of rotatable bonds is 5. The molecule has 1 aliphatic rings. The average molecular weight is 369 g/mol. The van der Waals surface area contributed by atoms with E-state index in [4.69, 9.17) is 4.74 Å². The van der Waals surface area contributed by atoms with Gasteiger partial charge in [0.25, 0.3) is 0 Å². The van der Waals surface area contributed by atoms with Crippen molar-refractivity contribution in [1.29, 1.82) is 0 Å². The first kappa shape index (κ1) is 17.4. The Morgan fingerprint density at radius 3 is 3.04 bits per heavy atom. The van der Waals surface area contributed by atoms with E-state index in [1.54, 1.807) is 22.8 Å². The maximum Gasteiger partial charge on any atom is 0.249 e. The first-order chi connectivity index (χ1) is 13.2. The molecule has 1 fully saturated rings. The van der Waals surface area contributed by atoms with Crippen LogP contribution in [0.4, 0.5) is 15.8 Å². The molecule has 0 radical (unpaired) electrons. The summed E-state index contributed by atoms with van der Waals surface area (Å²) in [6.45, 7) is 0.766. The minimum Gasteiger partial charge on any atom is -0.375 e. The molecule has 7 nitrogen and oxygen atoms in total. The van der Waals surface area contributed by atoms with Crippen molar-refractivity contribution in [3.05, 3.63) is 54.1 Å². The number of carbonyl (C=O) groups is 1. The molecule has 3 heterocycles. The number of nitrogens with zero attached hydrogens (tertiary/aromatic N) is 4. The van der Waals surface area contributed by atoms with Gasteiger partial charge in [0, 0.05) is 19.3 Å². The number of fused-ring (bicyclic) bond motifs is 1. The van der Waals surface area contributed by atoms with Gasteiger partial charge in [-0.05, 0) is 43.2 Å². The summed E-state index contributed by atoms with van der Waals surface area (Å²) in [6.07, 6.45) is 3.58. The molecule has 27 heavy (non-hydrogen) atoms. The van der Waals surface area contributed by atoms with E-state index in [1.165, 1.54) is 19.2 Å². The van der Waals surface area contributed by atoms with Crippen LogP contribution in [-0.4, -0.2) is 45.9 Å². The van der Waals surface area contributed by atoms with Crippen molar-refractivity contribution in [1.82, 2.24) is 19.7 Å². The van der Waals surface area contributed by atoms with Gasteiger partial charge in [0.15, 0.2) is 0 Å². The van der Waals surface area contributed by atoms with Gasteiger partial charge >= 0.3 is 0 Å². The van der Waals surface area contributed by atoms with Crippen molar-refractivity contribution in [2.24, 2.45) is 0 Å². The number of pyridine rings is 1. The van der Waals surface area contributed by atoms with Crippen molar-refractivity contribution in [3.8, 4) is 0 Å². The van der Waals surface area contributed by atoms with Gasteiger partial charge in [-0.1, -0.05) is 11.3 Å². The van der Waals surface area contributed by atoms with Crippen molar-refractivity contribution >= 4 is 22.8 Å². The highest BCUT2D eigenvalue weighted by atomic mass is 19.1. The van der Waals surface area contributed by atoms with Crippen LogP contribution in [0.15, 0.2) is 42.6 Å². The second-order valence-corrected chi connectivity index (χ2v) is 6.54. The number of anilines is 2. The van der Waals surface area contributed by atoms with Crippen LogP contribution in [0.25, 0.3) is 5.52 Å². The fraction of sp³-hybridized carbons (Fsp3) is 0.316. The summed E-state index contributed by atoms with van der Waals surface area (Å²) in [4.78, 5) is 14.1. The number of carbonyl (C=O) groups excluding carboxylic acids is 1. The summed E-state index contributed by atoms with van der Waals surface area (Å²) in [5, 5.41) is 11.7. The molecule has 1 N–H and O–H groups in total. The standard InChI is InChI=1S/C19H20FN5O2/c1-27-12-18(26)24-9-3-6-16(24)19-17-8-7-15(11-25(17)23-22-19)21-14-5-2-4-13(20)10-14/h2,4-5,7-8,10-11,16,21H,3,6,9,12H2,1H3/t16-/m1/s1. The smallest absolute Gasteiger partial charge is 0.249 e. The van der Waals surface area contributed by atoms with Crippen LogP contribution < -0.4 is 5.32 Å². The molecule has 3 aromatic rings. The highest BCUT2D eigenvalue weighted by Gasteiger charge is 2.32. The number of hydrogen-bond donors (Lipinski definition) is 1. The van der Waals surface area contributed by atoms with Crippen molar-refractivity contribution < 1.29 is 13.9 Å². The SMILES string of the molecule is COCC(=O)N1CCC[C@@H]1c1nnn2cc(Nc3cccc(F)c3)ccc12. The van der Waals surface area contributed by atoms with Gasteiger partial charge in [-0.25, -0.2) is 8.91 Å². The zero-order valence-electron chi connectivity index (χ0n) is 14.9. The van der Waals surface area contributed by atoms with Crippen LogP contribution >= 0.6 is 0 Å². The van der Waals surface area contributed by atoms with Crippen LogP contribution in [0.2, 0.25) is 0 Å². The van der Waals surface area contributed by atoms with Gasteiger partial charge in [0.2, 0.25) is 5.91 Å². The number of ether oxygens (including phenoxy) is 1. The van der Waals surface area contributed by atoms with E-state index in [-0.39, 0.29) is 24.4 Å². The number of benzene rings is 1. The Morgan fingerprint density at radius 2 is 2.22 bits per heavy atom. The Morgan fingerprint density at radius 1 is 1.33 bits per heavy atom. The number of hydrogen-bond acceptors (Lipinski definition) is 5. The molecule has 1 aliphatic heterocycles. The van der Waals surface area contributed by atoms with Gasteiger partial charge < -0.3 is 15.0 Å². The Balaban J connectivity index is 1.60. The third-order valence-electron chi connectivity index (χ3n) is 4.71. The number of halogens is 1. The molecule has 1 saturated heterocycles. The minimum absolute atomic E-state index is 0.0365. The summed E-state index contributed by atoms with van der Waals surface area (Å²) < 4.78 is 20.0. The van der Waals surface area contributed by atoms with Crippen LogP contribution in [0, 0.1) is 5.82 Å². The van der Waals surface area contributed by atoms with E-state index in [0.717, 1.165) is 29.7 Å². The number of aromatic nitrogens is 3. The number of likely N-dealkylation sites (tertiary alicyclic amines) is 1. The number of amides is 1. The van der Waals surface area contributed by atoms with Crippen molar-refractivity contribution in [3.63, 3.8) is 0 Å². The maximum absolute atomic E-state index is 13.3. The topological polar surface area (TPSA) is 71.8 Å². The largest absolute Gasteiger partial charge is 0.375 e. The molecule has 0 unspecified atom stereocenters. The molecule has 1 atom stereocenters. The molecule has 1 aromatic carbocycles. The lowest BCUT2D eigenvalue weighted by Gasteiger charge is -2.23. The second-order valence-electron chi connectivity index (χ2n) is 6.54. The summed E-state index contributed by atoms with van der Waals surface area (Å²) >= 11 is 0. The molecule has 0 saturated carbocycles. The van der Waals surface area contributed by atoms with Gasteiger partial charge in [0.05, 0.1) is 23.4 Å². The molecule has 1 amide bonds. The summed E-state index contributed by atoms with van der Waals surface area (Å²) in [6, 6.07) is 9.97. The van der Waals surface area contributed by atoms with Gasteiger partial charge in [0.1, 0.15) is 18.1 Å². The Labute approximate surface area is 155 Å². The third kappa shape index (κ3) is 3.48. The fourth-order valence-electron chi connectivity index (χ4n) is 3.51. The monoisotopic (exact) mass is 369 g/mol. The molecule has 0 spiro atoms. The molecular formula is C19H20FN5O2. The molecule has 0 bridgehead atoms. The highest BCUT2D eigenvalue weighted by Crippen LogP contribution is 2.33. The average Bonchev–Trinajstić information content (AvgIpc) is 3.28. The van der Waals surface area contributed by atoms with Gasteiger partial charge in [-0.15, -0.1) is 5.10 Å². The van der Waals surface area contributed by atoms with Crippen LogP contribution in [0.1, 0.15) is 24.6 Å². The van der Waals surface area contributed by atoms with E-state index in [9.17, 15) is 9.18 Å². The Hall–Kier alpha value is -3.00. The Bertz CT molecular complexity index is 974. The van der Waals surface area contributed by atoms with E-state index in [1.807, 2.05) is 17.0 Å². The van der Waals surface area contributed by atoms with E-state index < -0.39 is 0 Å². The number of nitrogens with one attached hydrogen (secondary N) is 1. The lowest BCUT2D eigenvalue weighted by Crippen LogP contribution is -2.33. The Kier molecular flexibility index (Phi) is 4.72. The van der Waals surface area contributed by atoms with Gasteiger partial charge in [-0.2, -0.15) is 0 Å². The first-order valence-corrected chi connectivity index (χ1v) is 8.81. The van der Waals surface area contributed by atoms with Crippen LogP contribution in [0.3, 0.4) is 0 Å². The van der Waals surface area contributed by atoms with Crippen molar-refractivity contribution in [2.75, 3.05) is 25.6 Å². The maximum atomic E-state index is 13.3. The summed E-state index contributed by atoms with van der Waals surface area (Å²) in [7, 11) is 1.52. The summed E-state index contributed by atoms with van der Waals surface area (Å²) in [5.41, 5.74) is 3.06. The molecule has 2 aromatic heterocycles. The van der Waals surface area contributed by atoms with E-state index in [2.05, 4.69) is 15.6 Å². The second kappa shape index (κ2) is 7.32. The first-order valence-electron chi connectivity index (χ1n) is 8.81. The molecule has 0 aliphatic carbocycles. The minimum atomic E-state index is -0.300. The lowest BCUT2D eigenvalue weighted by atomic mass is 10.1. The zero-order valence-corrected chi connectivity index (χ0v) is 14.9. The fourth-order valence-corrected chi connectivity index (χ4v) is 3.51. The molecule has 140 valence electrons. The quantitative estimate of drug-likeness (QED) is 0.749. The molecular weight excluding hydrogens is 349 g/mol. The van der Waals surface area contributed by atoms with Crippen LogP contribution in [-0.2, 0) is 9.53 Å². The lowest BCUT2D eigenvalue weighted by molar-refractivity contribution is -0.136. The molecule has 8 heteroatoms. The normalized spacial score (nSPS) is 16.8. The van der Waals surface area contributed by atoms with Crippen molar-refractivity contribution in [2.45, 2.75) is 18.9 Å². The third-order valence-corrected chi connectivity index (χ3v) is 4.71. The predicted molar refractivity (Wildman–Crippen MR) is 98.2 cm³/mol. The summed E-state index contributed by atoms with van der Waals surface area (Å²) in [5.74, 6) is -0.336. The molecule has 4 rings (SSSR count). The van der Waals surface area contributed by atoms with E-state index in [0.29, 0.717) is 12.2 Å².